The van der Waals surface area contributed by atoms with Crippen molar-refractivity contribution >= 4 is 54.0 Å². The first-order valence-electron chi connectivity index (χ1n) is 8.80. The summed E-state index contributed by atoms with van der Waals surface area (Å²) in [5, 5.41) is 8.20. The average molecular weight is 354 g/mol. The maximum Gasteiger partial charge on any atom is 0.290 e. The Bertz CT molecular complexity index is 738. The molecule has 0 aliphatic rings. The van der Waals surface area contributed by atoms with Gasteiger partial charge in [-0.1, -0.05) is 0 Å². The molecule has 0 bridgehead atoms. The number of aryl methyl sites for hydroxylation is 3. The molecule has 0 saturated carbocycles. The van der Waals surface area contributed by atoms with E-state index < -0.39 is 0 Å². The van der Waals surface area contributed by atoms with Crippen molar-refractivity contribution in [3.05, 3.63) is 29.0 Å². The first kappa shape index (κ1) is 21.7. The van der Waals surface area contributed by atoms with Crippen LogP contribution in [0.1, 0.15) is 49.4 Å². The largest absolute Gasteiger partial charge is 0.483 e. The molecule has 1 heterocycles. The molecule has 1 aromatic heterocycles. The van der Waals surface area contributed by atoms with E-state index in [-0.39, 0.29) is 12.4 Å². The van der Waals surface area contributed by atoms with Gasteiger partial charge >= 0.3 is 151 Å². The third kappa shape index (κ3) is 5.87. The number of nitrogens with zero attached hydrogens (tertiary/aromatic N) is 1. The first-order valence-corrected chi connectivity index (χ1v) is 9.80. The molecular weight excluding hydrogens is 327 g/mol. The van der Waals surface area contributed by atoms with Gasteiger partial charge in [-0.05, 0) is 0 Å². The number of hydrogen-bond donors (Lipinski definition) is 2. The molecule has 0 saturated heterocycles. The van der Waals surface area contributed by atoms with Gasteiger partial charge in [-0.2, -0.15) is 0 Å². The van der Waals surface area contributed by atoms with Crippen molar-refractivity contribution in [3.8, 4) is 0 Å². The van der Waals surface area contributed by atoms with Crippen molar-refractivity contribution in [2.75, 3.05) is 0 Å². The van der Waals surface area contributed by atoms with Crippen LogP contribution in [-0.2, 0) is 29.5 Å². The Balaban J connectivity index is 0.000000970. The topological polar surface area (TPSA) is 85.3 Å². The summed E-state index contributed by atoms with van der Waals surface area (Å²) in [6.45, 7) is 4.16. The molecule has 0 fully saturated rings. The number of fused-ring (bicyclic) bond motifs is 1. The van der Waals surface area contributed by atoms with Gasteiger partial charge in [0, 0.05) is 0 Å². The van der Waals surface area contributed by atoms with Gasteiger partial charge < -0.3 is 5.11 Å². The summed E-state index contributed by atoms with van der Waals surface area (Å²) >= 11 is 1.07. The quantitative estimate of drug-likeness (QED) is 0.454. The molecule has 132 valence electrons. The van der Waals surface area contributed by atoms with Crippen LogP contribution in [0, 0.1) is 6.92 Å². The third-order valence-electron chi connectivity index (χ3n) is 4.69. The molecule has 5 nitrogen and oxygen atoms in total. The number of unbranched alkanes of at least 4 members (excludes halogenated alkanes) is 2. The Morgan fingerprint density at radius 3 is 2.52 bits per heavy atom. The standard InChI is InChI=1S/C18H25N2O.CH2O2.Na/c1-4-5-6-7-16-14(9-11-18(19)21)15-12-13(2)8-10-17(15)20(16)3;2-1-3;/h10,12H,4-7,9,11H2,1-3H3,(H2,19,21);1H,(H,2,3);. The zero-order valence-electron chi connectivity index (χ0n) is 15.8. The fourth-order valence-electron chi connectivity index (χ4n) is 3.21. The third-order valence-corrected chi connectivity index (χ3v) is 5.77. The van der Waals surface area contributed by atoms with Crippen LogP contribution < -0.4 is 8.55 Å². The molecule has 0 unspecified atom stereocenters. The Kier molecular flexibility index (Phi) is 9.25. The smallest absolute Gasteiger partial charge is 0.290 e. The van der Waals surface area contributed by atoms with Crippen LogP contribution in [0.2, 0.25) is 0 Å². The minimum Gasteiger partial charge on any atom is -0.483 e. The summed E-state index contributed by atoms with van der Waals surface area (Å²) in [5.74, 6) is -0.215. The molecule has 3 N–H and O–H groups in total. The number of carbonyl (C=O) groups excluding carboxylic acids is 1. The van der Waals surface area contributed by atoms with Gasteiger partial charge in [0.05, 0.1) is 0 Å². The van der Waals surface area contributed by atoms with Crippen LogP contribution in [0.25, 0.3) is 10.9 Å². The number of nitrogens with two attached hydrogens (primary N) is 1. The van der Waals surface area contributed by atoms with E-state index in [4.69, 9.17) is 15.6 Å². The summed E-state index contributed by atoms with van der Waals surface area (Å²) in [7, 11) is 2.16. The summed E-state index contributed by atoms with van der Waals surface area (Å²) in [4.78, 5) is 19.6. The second kappa shape index (κ2) is 10.6. The molecule has 0 radical (unpaired) electrons. The zero-order chi connectivity index (χ0) is 19.0. The Morgan fingerprint density at radius 1 is 1.32 bits per heavy atom. The first-order chi connectivity index (χ1) is 11.9. The van der Waals surface area contributed by atoms with Crippen LogP contribution in [0.3, 0.4) is 0 Å². The second-order valence-electron chi connectivity index (χ2n) is 6.47. The Hall–Kier alpha value is -1.30. The van der Waals surface area contributed by atoms with Crippen molar-refractivity contribution < 1.29 is 14.7 Å². The number of amides is 1. The molecule has 2 rings (SSSR count). The van der Waals surface area contributed by atoms with E-state index in [1.807, 2.05) is 0 Å². The van der Waals surface area contributed by atoms with Crippen LogP contribution in [0.5, 0.6) is 0 Å². The molecule has 0 aliphatic heterocycles. The molecule has 1 aromatic carbocycles. The molecule has 1 amide bonds. The number of carbonyl (C=O) groups is 2. The number of aromatic nitrogens is 1. The SMILES string of the molecule is CCCCCc1c(CCC(N)=O)c2cc(C)[c]([Na])cc2n1C.O=CO. The maximum absolute atomic E-state index is 11.2. The Morgan fingerprint density at radius 2 is 1.96 bits per heavy atom. The van der Waals surface area contributed by atoms with Gasteiger partial charge in [0.15, 0.2) is 0 Å². The molecule has 25 heavy (non-hydrogen) atoms. The van der Waals surface area contributed by atoms with Gasteiger partial charge in [-0.15, -0.1) is 0 Å². The van der Waals surface area contributed by atoms with Crippen molar-refractivity contribution in [2.45, 2.75) is 52.4 Å². The molecule has 2 aromatic rings. The summed E-state index contributed by atoms with van der Waals surface area (Å²) < 4.78 is 3.79. The Labute approximate surface area is 167 Å². The van der Waals surface area contributed by atoms with Gasteiger partial charge in [-0.3, -0.25) is 4.79 Å². The van der Waals surface area contributed by atoms with Crippen molar-refractivity contribution in [3.63, 3.8) is 0 Å². The fraction of sp³-hybridized carbons (Fsp3) is 0.474. The number of primary amides is 1. The van der Waals surface area contributed by atoms with E-state index in [1.54, 1.807) is 0 Å². The number of benzene rings is 1. The van der Waals surface area contributed by atoms with E-state index in [2.05, 4.69) is 37.6 Å². The number of hydrogen-bond acceptors (Lipinski definition) is 2. The summed E-state index contributed by atoms with van der Waals surface area (Å²) in [6, 6.07) is 4.63. The van der Waals surface area contributed by atoms with Gasteiger partial charge in [-0.25, -0.2) is 0 Å². The second-order valence-corrected chi connectivity index (χ2v) is 7.54. The average Bonchev–Trinajstić information content (AvgIpc) is 2.79. The van der Waals surface area contributed by atoms with Crippen molar-refractivity contribution in [1.82, 2.24) is 4.57 Å². The predicted octanol–water partition coefficient (Wildman–Crippen LogP) is 2.13. The van der Waals surface area contributed by atoms with Crippen LogP contribution in [-0.4, -0.2) is 50.0 Å². The fourth-order valence-corrected chi connectivity index (χ4v) is 3.63. The number of carboxylic acid groups (broad SMARTS) is 1. The van der Waals surface area contributed by atoms with Gasteiger partial charge in [0.25, 0.3) is 6.47 Å². The van der Waals surface area contributed by atoms with E-state index in [9.17, 15) is 4.79 Å². The van der Waals surface area contributed by atoms with Crippen LogP contribution >= 0.6 is 0 Å². The van der Waals surface area contributed by atoms with E-state index >= 15 is 0 Å². The molecule has 6 heteroatoms. The van der Waals surface area contributed by atoms with E-state index in [0.717, 1.165) is 40.8 Å². The van der Waals surface area contributed by atoms with Crippen molar-refractivity contribution in [2.24, 2.45) is 12.8 Å². The number of rotatable bonds is 7. The van der Waals surface area contributed by atoms with Crippen LogP contribution in [0.4, 0.5) is 0 Å². The predicted molar refractivity (Wildman–Crippen MR) is 102 cm³/mol. The van der Waals surface area contributed by atoms with Crippen molar-refractivity contribution in [1.29, 1.82) is 0 Å². The van der Waals surface area contributed by atoms with Crippen LogP contribution in [0.15, 0.2) is 12.1 Å². The minimum atomic E-state index is -0.250. The van der Waals surface area contributed by atoms with E-state index in [0.29, 0.717) is 6.42 Å². The van der Waals surface area contributed by atoms with Gasteiger partial charge in [0.1, 0.15) is 0 Å². The van der Waals surface area contributed by atoms with E-state index in [1.165, 1.54) is 49.8 Å². The molecule has 0 atom stereocenters. The minimum absolute atomic E-state index is 0.215. The molecule has 0 spiro atoms. The normalized spacial score (nSPS) is 10.4. The maximum atomic E-state index is 11.2. The van der Waals surface area contributed by atoms with Gasteiger partial charge in [0.2, 0.25) is 0 Å². The zero-order valence-corrected chi connectivity index (χ0v) is 17.8. The molecule has 0 aliphatic carbocycles. The summed E-state index contributed by atoms with van der Waals surface area (Å²) in [6.07, 6.45) is 5.96. The summed E-state index contributed by atoms with van der Waals surface area (Å²) in [5.41, 5.74) is 10.8. The molecular formula is C19H27N2NaO3. The monoisotopic (exact) mass is 354 g/mol.